The van der Waals surface area contributed by atoms with E-state index >= 15 is 0 Å². The number of rotatable bonds is 8. The minimum Gasteiger partial charge on any atom is -0.486 e. The van der Waals surface area contributed by atoms with Gasteiger partial charge < -0.3 is 4.74 Å². The molecule has 0 aliphatic carbocycles. The molecule has 4 nitrogen and oxygen atoms in total. The Morgan fingerprint density at radius 3 is 1.94 bits per heavy atom. The van der Waals surface area contributed by atoms with E-state index in [9.17, 15) is 0 Å². The number of aromatic nitrogens is 3. The van der Waals surface area contributed by atoms with Crippen molar-refractivity contribution in [1.82, 2.24) is 14.8 Å². The molecule has 33 heavy (non-hydrogen) atoms. The maximum atomic E-state index is 6.09. The van der Waals surface area contributed by atoms with Crippen LogP contribution < -0.4 is 4.74 Å². The molecular weight excluding hydrogens is 426 g/mol. The van der Waals surface area contributed by atoms with Crippen LogP contribution in [0.3, 0.4) is 0 Å². The van der Waals surface area contributed by atoms with Gasteiger partial charge in [-0.3, -0.25) is 4.57 Å². The van der Waals surface area contributed by atoms with Crippen LogP contribution in [-0.4, -0.2) is 14.8 Å². The highest BCUT2D eigenvalue weighted by Crippen LogP contribution is 2.27. The number of para-hydroxylation sites is 1. The fraction of sp³-hybridized carbons (Fsp3) is 0.0714. The number of hydrogen-bond donors (Lipinski definition) is 0. The minimum atomic E-state index is 0.332. The molecule has 0 bridgehead atoms. The zero-order valence-electron chi connectivity index (χ0n) is 18.0. The zero-order valence-corrected chi connectivity index (χ0v) is 18.9. The number of hydrogen-bond acceptors (Lipinski definition) is 4. The largest absolute Gasteiger partial charge is 0.486 e. The first-order valence-corrected chi connectivity index (χ1v) is 11.8. The van der Waals surface area contributed by atoms with E-state index in [4.69, 9.17) is 4.74 Å². The van der Waals surface area contributed by atoms with E-state index in [1.54, 1.807) is 11.8 Å². The molecule has 5 rings (SSSR count). The molecule has 1 aromatic heterocycles. The third kappa shape index (κ3) is 5.16. The molecule has 1 heterocycles. The van der Waals surface area contributed by atoms with Crippen molar-refractivity contribution in [2.75, 3.05) is 0 Å². The van der Waals surface area contributed by atoms with Crippen molar-refractivity contribution >= 4 is 11.8 Å². The SMILES string of the molecule is c1ccc(CSc2nnc(COc3ccc(-c4ccccc4)cc3)n2-c2ccccc2)cc1. The van der Waals surface area contributed by atoms with Crippen LogP contribution in [0, 0.1) is 0 Å². The smallest absolute Gasteiger partial charge is 0.196 e. The van der Waals surface area contributed by atoms with Crippen LogP contribution in [0.15, 0.2) is 120 Å². The van der Waals surface area contributed by atoms with Crippen LogP contribution in [0.2, 0.25) is 0 Å². The van der Waals surface area contributed by atoms with E-state index in [0.29, 0.717) is 6.61 Å². The van der Waals surface area contributed by atoms with Gasteiger partial charge in [0.2, 0.25) is 0 Å². The lowest BCUT2D eigenvalue weighted by atomic mass is 10.1. The Balaban J connectivity index is 1.34. The van der Waals surface area contributed by atoms with Gasteiger partial charge in [0, 0.05) is 11.4 Å². The van der Waals surface area contributed by atoms with E-state index in [1.165, 1.54) is 11.1 Å². The summed E-state index contributed by atoms with van der Waals surface area (Å²) in [5.74, 6) is 2.40. The van der Waals surface area contributed by atoms with Crippen LogP contribution in [0.25, 0.3) is 16.8 Å². The number of benzene rings is 4. The second-order valence-electron chi connectivity index (χ2n) is 7.52. The summed E-state index contributed by atoms with van der Waals surface area (Å²) in [5, 5.41) is 9.77. The molecule has 162 valence electrons. The van der Waals surface area contributed by atoms with E-state index in [2.05, 4.69) is 75.4 Å². The van der Waals surface area contributed by atoms with E-state index in [-0.39, 0.29) is 0 Å². The van der Waals surface area contributed by atoms with Gasteiger partial charge in [-0.25, -0.2) is 0 Å². The Morgan fingerprint density at radius 2 is 1.24 bits per heavy atom. The Morgan fingerprint density at radius 1 is 0.636 bits per heavy atom. The molecule has 0 amide bonds. The van der Waals surface area contributed by atoms with Gasteiger partial charge in [0.25, 0.3) is 0 Å². The molecule has 0 aliphatic heterocycles. The maximum Gasteiger partial charge on any atom is 0.196 e. The first-order chi connectivity index (χ1) is 16.4. The molecule has 5 heteroatoms. The molecule has 0 unspecified atom stereocenters. The molecule has 0 aliphatic rings. The lowest BCUT2D eigenvalue weighted by molar-refractivity contribution is 0.293. The van der Waals surface area contributed by atoms with Crippen LogP contribution in [-0.2, 0) is 12.4 Å². The summed E-state index contributed by atoms with van der Waals surface area (Å²) in [6.45, 7) is 0.332. The average molecular weight is 450 g/mol. The Kier molecular flexibility index (Phi) is 6.50. The molecule has 0 saturated carbocycles. The van der Waals surface area contributed by atoms with Gasteiger partial charge in [0.15, 0.2) is 11.0 Å². The van der Waals surface area contributed by atoms with Gasteiger partial charge in [-0.05, 0) is 41.0 Å². The van der Waals surface area contributed by atoms with Crippen molar-refractivity contribution in [3.8, 4) is 22.6 Å². The first kappa shape index (κ1) is 21.0. The second-order valence-corrected chi connectivity index (χ2v) is 8.47. The van der Waals surface area contributed by atoms with E-state index < -0.39 is 0 Å². The monoisotopic (exact) mass is 449 g/mol. The van der Waals surface area contributed by atoms with Gasteiger partial charge in [-0.2, -0.15) is 0 Å². The molecule has 0 saturated heterocycles. The normalized spacial score (nSPS) is 10.8. The molecule has 0 radical (unpaired) electrons. The molecule has 0 fully saturated rings. The third-order valence-electron chi connectivity index (χ3n) is 5.25. The minimum absolute atomic E-state index is 0.332. The third-order valence-corrected chi connectivity index (χ3v) is 6.25. The maximum absolute atomic E-state index is 6.09. The Hall–Kier alpha value is -3.83. The fourth-order valence-corrected chi connectivity index (χ4v) is 4.49. The van der Waals surface area contributed by atoms with Crippen molar-refractivity contribution in [3.05, 3.63) is 127 Å². The van der Waals surface area contributed by atoms with Gasteiger partial charge in [-0.15, -0.1) is 10.2 Å². The highest BCUT2D eigenvalue weighted by molar-refractivity contribution is 7.98. The summed E-state index contributed by atoms with van der Waals surface area (Å²) in [6, 6.07) is 39.0. The Bertz CT molecular complexity index is 1290. The Labute approximate surface area is 197 Å². The lowest BCUT2D eigenvalue weighted by Crippen LogP contribution is -2.06. The van der Waals surface area contributed by atoms with Gasteiger partial charge in [-0.1, -0.05) is 103 Å². The summed E-state index contributed by atoms with van der Waals surface area (Å²) in [7, 11) is 0. The quantitative estimate of drug-likeness (QED) is 0.244. The molecule has 0 atom stereocenters. The first-order valence-electron chi connectivity index (χ1n) is 10.8. The fourth-order valence-electron chi connectivity index (χ4n) is 3.57. The van der Waals surface area contributed by atoms with Crippen molar-refractivity contribution in [2.24, 2.45) is 0 Å². The standard InChI is InChI=1S/C28H23N3OS/c1-4-10-22(11-5-1)21-33-28-30-29-27(31(28)25-14-8-3-9-15-25)20-32-26-18-16-24(17-19-26)23-12-6-2-7-13-23/h1-19H,20-21H2. The number of ether oxygens (including phenoxy) is 1. The summed E-state index contributed by atoms with van der Waals surface area (Å²) < 4.78 is 8.16. The lowest BCUT2D eigenvalue weighted by Gasteiger charge is -2.11. The highest BCUT2D eigenvalue weighted by Gasteiger charge is 2.15. The van der Waals surface area contributed by atoms with E-state index in [1.807, 2.05) is 54.6 Å². The van der Waals surface area contributed by atoms with Crippen LogP contribution in [0.5, 0.6) is 5.75 Å². The van der Waals surface area contributed by atoms with Crippen molar-refractivity contribution in [2.45, 2.75) is 17.5 Å². The summed E-state index contributed by atoms with van der Waals surface area (Å²) >= 11 is 1.67. The van der Waals surface area contributed by atoms with Crippen molar-refractivity contribution in [1.29, 1.82) is 0 Å². The second kappa shape index (κ2) is 10.2. The van der Waals surface area contributed by atoms with Crippen molar-refractivity contribution in [3.63, 3.8) is 0 Å². The number of nitrogens with zero attached hydrogens (tertiary/aromatic N) is 3. The van der Waals surface area contributed by atoms with Crippen LogP contribution >= 0.6 is 11.8 Å². The summed E-state index contributed by atoms with van der Waals surface area (Å²) in [5.41, 5.74) is 4.63. The van der Waals surface area contributed by atoms with Crippen LogP contribution in [0.1, 0.15) is 11.4 Å². The molecule has 0 spiro atoms. The summed E-state index contributed by atoms with van der Waals surface area (Å²) in [4.78, 5) is 0. The highest BCUT2D eigenvalue weighted by atomic mass is 32.2. The predicted molar refractivity (Wildman–Crippen MR) is 134 cm³/mol. The van der Waals surface area contributed by atoms with Gasteiger partial charge in [0.1, 0.15) is 12.4 Å². The van der Waals surface area contributed by atoms with Crippen molar-refractivity contribution < 1.29 is 4.74 Å². The average Bonchev–Trinajstić information content (AvgIpc) is 3.31. The summed E-state index contributed by atoms with van der Waals surface area (Å²) in [6.07, 6.45) is 0. The number of thioether (sulfide) groups is 1. The predicted octanol–water partition coefficient (Wildman–Crippen LogP) is 6.81. The molecular formula is C28H23N3OS. The topological polar surface area (TPSA) is 39.9 Å². The van der Waals surface area contributed by atoms with E-state index in [0.717, 1.165) is 33.7 Å². The van der Waals surface area contributed by atoms with Crippen LogP contribution in [0.4, 0.5) is 0 Å². The zero-order chi connectivity index (χ0) is 22.3. The molecule has 0 N–H and O–H groups in total. The van der Waals surface area contributed by atoms with Gasteiger partial charge >= 0.3 is 0 Å². The van der Waals surface area contributed by atoms with Gasteiger partial charge in [0.05, 0.1) is 0 Å². The molecule has 4 aromatic carbocycles. The molecule has 5 aromatic rings.